The lowest BCUT2D eigenvalue weighted by Crippen LogP contribution is -2.37. The van der Waals surface area contributed by atoms with Crippen molar-refractivity contribution in [2.75, 3.05) is 17.5 Å². The molecular formula is C26H28BrNO5S. The number of rotatable bonds is 11. The van der Waals surface area contributed by atoms with Crippen LogP contribution in [0, 0.1) is 0 Å². The van der Waals surface area contributed by atoms with Crippen LogP contribution in [0.2, 0.25) is 0 Å². The van der Waals surface area contributed by atoms with Crippen LogP contribution in [-0.2, 0) is 21.2 Å². The normalized spacial score (nSPS) is 11.1. The summed E-state index contributed by atoms with van der Waals surface area (Å²) in [5.41, 5.74) is 1.45. The van der Waals surface area contributed by atoms with Crippen LogP contribution in [0.3, 0.4) is 0 Å². The Morgan fingerprint density at radius 2 is 1.65 bits per heavy atom. The van der Waals surface area contributed by atoms with Crippen molar-refractivity contribution in [3.8, 4) is 11.5 Å². The molecule has 3 aromatic carbocycles. The third-order valence-electron chi connectivity index (χ3n) is 5.09. The number of carbonyl (C=O) groups excluding carboxylic acids is 1. The predicted octanol–water partition coefficient (Wildman–Crippen LogP) is 5.99. The Kier molecular flexibility index (Phi) is 9.12. The van der Waals surface area contributed by atoms with Crippen LogP contribution >= 0.6 is 15.9 Å². The van der Waals surface area contributed by atoms with Crippen LogP contribution in [0.25, 0.3) is 0 Å². The Bertz CT molecular complexity index is 1200. The monoisotopic (exact) mass is 545 g/mol. The van der Waals surface area contributed by atoms with Crippen molar-refractivity contribution in [2.45, 2.75) is 38.0 Å². The van der Waals surface area contributed by atoms with E-state index < -0.39 is 15.9 Å². The van der Waals surface area contributed by atoms with Crippen LogP contribution in [0.5, 0.6) is 11.5 Å². The van der Waals surface area contributed by atoms with Gasteiger partial charge in [0.25, 0.3) is 10.0 Å². The van der Waals surface area contributed by atoms with Crippen LogP contribution < -0.4 is 13.8 Å². The van der Waals surface area contributed by atoms with Gasteiger partial charge in [0, 0.05) is 6.42 Å². The molecule has 0 N–H and O–H groups in total. The molecule has 0 unspecified atom stereocenters. The van der Waals surface area contributed by atoms with Crippen molar-refractivity contribution >= 4 is 37.5 Å². The van der Waals surface area contributed by atoms with Gasteiger partial charge in [0.05, 0.1) is 28.3 Å². The summed E-state index contributed by atoms with van der Waals surface area (Å²) in [7, 11) is -4.09. The molecule has 3 aromatic rings. The molecule has 3 rings (SSSR count). The van der Waals surface area contributed by atoms with Gasteiger partial charge in [0.2, 0.25) is 5.91 Å². The highest BCUT2D eigenvalue weighted by molar-refractivity contribution is 9.10. The second-order valence-electron chi connectivity index (χ2n) is 7.47. The Morgan fingerprint density at radius 1 is 0.941 bits per heavy atom. The number of carbonyl (C=O) groups is 1. The fourth-order valence-electron chi connectivity index (χ4n) is 3.35. The fourth-order valence-corrected chi connectivity index (χ4v) is 5.36. The molecule has 0 aliphatic rings. The number of aryl methyl sites for hydroxylation is 1. The fraction of sp³-hybridized carbons (Fsp3) is 0.269. The van der Waals surface area contributed by atoms with Crippen molar-refractivity contribution in [3.05, 3.63) is 82.8 Å². The molecule has 0 saturated carbocycles. The van der Waals surface area contributed by atoms with E-state index in [0.29, 0.717) is 24.5 Å². The van der Waals surface area contributed by atoms with Gasteiger partial charge < -0.3 is 9.47 Å². The number of sulfonamides is 1. The maximum Gasteiger partial charge on any atom is 0.270 e. The zero-order chi connectivity index (χ0) is 24.6. The van der Waals surface area contributed by atoms with E-state index in [4.69, 9.17) is 9.47 Å². The summed E-state index contributed by atoms with van der Waals surface area (Å²) in [6, 6.07) is 20.3. The lowest BCUT2D eigenvalue weighted by atomic mass is 10.2. The largest absolute Gasteiger partial charge is 0.494 e. The van der Waals surface area contributed by atoms with Crippen LogP contribution in [0.4, 0.5) is 5.69 Å². The van der Waals surface area contributed by atoms with E-state index in [0.717, 1.165) is 15.2 Å². The highest BCUT2D eigenvalue weighted by atomic mass is 79.9. The van der Waals surface area contributed by atoms with Gasteiger partial charge in [-0.25, -0.2) is 12.7 Å². The number of anilines is 1. The molecule has 0 aromatic heterocycles. The second kappa shape index (κ2) is 12.0. The predicted molar refractivity (Wildman–Crippen MR) is 137 cm³/mol. The van der Waals surface area contributed by atoms with Crippen molar-refractivity contribution < 1.29 is 22.7 Å². The topological polar surface area (TPSA) is 72.9 Å². The van der Waals surface area contributed by atoms with Gasteiger partial charge in [-0.2, -0.15) is 0 Å². The number of ether oxygens (including phenoxy) is 2. The van der Waals surface area contributed by atoms with E-state index in [1.54, 1.807) is 42.5 Å². The molecule has 0 atom stereocenters. The molecule has 0 aliphatic heterocycles. The van der Waals surface area contributed by atoms with Crippen LogP contribution in [-0.4, -0.2) is 27.5 Å². The minimum Gasteiger partial charge on any atom is -0.494 e. The van der Waals surface area contributed by atoms with E-state index >= 15 is 0 Å². The average molecular weight is 546 g/mol. The Labute approximate surface area is 209 Å². The summed E-state index contributed by atoms with van der Waals surface area (Å²) in [5, 5.41) is 0. The molecule has 8 heteroatoms. The van der Waals surface area contributed by atoms with Crippen molar-refractivity contribution in [2.24, 2.45) is 0 Å². The third-order valence-corrected chi connectivity index (χ3v) is 7.47. The lowest BCUT2D eigenvalue weighted by molar-refractivity contribution is -0.117. The molecule has 180 valence electrons. The zero-order valence-electron chi connectivity index (χ0n) is 19.2. The van der Waals surface area contributed by atoms with E-state index in [1.807, 2.05) is 25.1 Å². The number of amides is 1. The molecule has 6 nitrogen and oxygen atoms in total. The molecule has 0 radical (unpaired) electrons. The van der Waals surface area contributed by atoms with Gasteiger partial charge >= 0.3 is 0 Å². The summed E-state index contributed by atoms with van der Waals surface area (Å²) in [4.78, 5) is 13.2. The summed E-state index contributed by atoms with van der Waals surface area (Å²) in [6.45, 7) is 4.70. The number of hydrogen-bond acceptors (Lipinski definition) is 5. The molecule has 0 aliphatic carbocycles. The summed E-state index contributed by atoms with van der Waals surface area (Å²) >= 11 is 3.50. The second-order valence-corrected chi connectivity index (χ2v) is 10.1. The maximum absolute atomic E-state index is 13.4. The molecule has 0 spiro atoms. The number of hydrogen-bond donors (Lipinski definition) is 0. The van der Waals surface area contributed by atoms with Gasteiger partial charge in [0.1, 0.15) is 11.5 Å². The molecule has 0 fully saturated rings. The van der Waals surface area contributed by atoms with E-state index in [-0.39, 0.29) is 23.6 Å². The zero-order valence-corrected chi connectivity index (χ0v) is 21.6. The molecule has 34 heavy (non-hydrogen) atoms. The Morgan fingerprint density at radius 3 is 2.26 bits per heavy atom. The Balaban J connectivity index is 1.75. The summed E-state index contributed by atoms with van der Waals surface area (Å²) < 4.78 is 39.7. The highest BCUT2D eigenvalue weighted by Gasteiger charge is 2.30. The van der Waals surface area contributed by atoms with Gasteiger partial charge in [-0.05, 0) is 89.8 Å². The minimum atomic E-state index is -4.09. The first-order chi connectivity index (χ1) is 16.4. The van der Waals surface area contributed by atoms with E-state index in [2.05, 4.69) is 22.9 Å². The van der Waals surface area contributed by atoms with Crippen molar-refractivity contribution in [3.63, 3.8) is 0 Å². The van der Waals surface area contributed by atoms with Crippen molar-refractivity contribution in [1.29, 1.82) is 0 Å². The van der Waals surface area contributed by atoms with E-state index in [9.17, 15) is 13.2 Å². The van der Waals surface area contributed by atoms with Crippen LogP contribution in [0.15, 0.2) is 82.2 Å². The van der Waals surface area contributed by atoms with Crippen LogP contribution in [0.1, 0.15) is 32.3 Å². The molecule has 1 amide bonds. The quantitative estimate of drug-likeness (QED) is 0.276. The third kappa shape index (κ3) is 6.39. The standard InChI is InChI=1S/C26H28BrNO5S/c1-3-20-12-17-25(24(27)19-20)33-18-8-11-26(29)28(21-13-15-22(16-14-21)32-4-2)34(30,31)23-9-6-5-7-10-23/h5-7,9-10,12-17,19H,3-4,8,11,18H2,1-2H3. The van der Waals surface area contributed by atoms with Gasteiger partial charge in [-0.1, -0.05) is 31.2 Å². The number of halogens is 1. The van der Waals surface area contributed by atoms with Gasteiger partial charge in [-0.3, -0.25) is 4.79 Å². The molecule has 0 saturated heterocycles. The maximum atomic E-state index is 13.4. The van der Waals surface area contributed by atoms with Gasteiger partial charge in [0.15, 0.2) is 0 Å². The first-order valence-corrected chi connectivity index (χ1v) is 13.4. The SMILES string of the molecule is CCOc1ccc(N(C(=O)CCCOc2ccc(CC)cc2Br)S(=O)(=O)c2ccccc2)cc1. The average Bonchev–Trinajstić information content (AvgIpc) is 2.84. The summed E-state index contributed by atoms with van der Waals surface area (Å²) in [6.07, 6.45) is 1.28. The first-order valence-electron chi connectivity index (χ1n) is 11.1. The smallest absolute Gasteiger partial charge is 0.270 e. The number of benzene rings is 3. The van der Waals surface area contributed by atoms with Crippen molar-refractivity contribution in [1.82, 2.24) is 0 Å². The number of nitrogens with zero attached hydrogens (tertiary/aromatic N) is 1. The van der Waals surface area contributed by atoms with E-state index in [1.165, 1.54) is 17.7 Å². The summed E-state index contributed by atoms with van der Waals surface area (Å²) in [5.74, 6) is 0.755. The molecule has 0 bridgehead atoms. The Hall–Kier alpha value is -2.84. The highest BCUT2D eigenvalue weighted by Crippen LogP contribution is 2.28. The first kappa shape index (κ1) is 25.8. The molecular weight excluding hydrogens is 518 g/mol. The molecule has 0 heterocycles. The lowest BCUT2D eigenvalue weighted by Gasteiger charge is -2.23. The minimum absolute atomic E-state index is 0.00391. The van der Waals surface area contributed by atoms with Gasteiger partial charge in [-0.15, -0.1) is 0 Å².